The topological polar surface area (TPSA) is 88.4 Å². The zero-order valence-electron chi connectivity index (χ0n) is 17.7. The number of hydrazone groups is 1. The summed E-state index contributed by atoms with van der Waals surface area (Å²) in [7, 11) is 3.19. The summed E-state index contributed by atoms with van der Waals surface area (Å²) in [5, 5.41) is 15.5. The number of hydrogen-bond donors (Lipinski definition) is 1. The van der Waals surface area contributed by atoms with Gasteiger partial charge in [0, 0.05) is 23.6 Å². The molecule has 2 atom stereocenters. The third-order valence-electron chi connectivity index (χ3n) is 6.17. The number of aromatic carboxylic acids is 1. The largest absolute Gasteiger partial charge is 0.493 e. The van der Waals surface area contributed by atoms with Crippen LogP contribution in [0.2, 0.25) is 0 Å². The Kier molecular flexibility index (Phi) is 5.93. The molecule has 162 valence electrons. The highest BCUT2D eigenvalue weighted by Gasteiger charge is 2.37. The summed E-state index contributed by atoms with van der Waals surface area (Å²) >= 11 is 0. The number of carboxylic acid groups (broad SMARTS) is 1. The minimum absolute atomic E-state index is 0.0856. The smallest absolute Gasteiger partial charge is 0.335 e. The Morgan fingerprint density at radius 2 is 1.74 bits per heavy atom. The third kappa shape index (κ3) is 4.13. The van der Waals surface area contributed by atoms with E-state index in [0.29, 0.717) is 29.5 Å². The van der Waals surface area contributed by atoms with Crippen molar-refractivity contribution in [1.82, 2.24) is 5.01 Å². The van der Waals surface area contributed by atoms with Crippen LogP contribution in [0.1, 0.15) is 52.0 Å². The predicted octanol–water partition coefficient (Wildman–Crippen LogP) is 4.07. The molecule has 1 aliphatic carbocycles. The fourth-order valence-corrected chi connectivity index (χ4v) is 4.58. The first-order chi connectivity index (χ1) is 15.0. The molecule has 1 amide bonds. The Balaban J connectivity index is 1.73. The summed E-state index contributed by atoms with van der Waals surface area (Å²) in [4.78, 5) is 24.5. The Morgan fingerprint density at radius 1 is 1.00 bits per heavy atom. The number of ether oxygens (including phenoxy) is 2. The molecule has 0 saturated heterocycles. The minimum atomic E-state index is -1.06. The lowest BCUT2D eigenvalue weighted by Gasteiger charge is -2.39. The molecule has 2 aromatic carbocycles. The quantitative estimate of drug-likeness (QED) is 0.785. The van der Waals surface area contributed by atoms with Crippen molar-refractivity contribution in [3.05, 3.63) is 59.2 Å². The standard InChI is InChI=1S/C24H26N2O5/c1-30-20-11-10-15(13-21(20)31-2)22-19-9-4-3-6-18(19)14-26(25-22)23(27)16-7-5-8-17(12-16)24(28)29/h5,7-8,10-13,18-19H,3-4,6,9,14H2,1-2H3,(H,28,29). The number of hydrogen-bond acceptors (Lipinski definition) is 5. The maximum absolute atomic E-state index is 13.2. The van der Waals surface area contributed by atoms with Crippen LogP contribution >= 0.6 is 0 Å². The van der Waals surface area contributed by atoms with E-state index in [2.05, 4.69) is 0 Å². The van der Waals surface area contributed by atoms with Crippen molar-refractivity contribution in [2.45, 2.75) is 25.7 Å². The van der Waals surface area contributed by atoms with Gasteiger partial charge in [0.2, 0.25) is 0 Å². The number of methoxy groups -OCH3 is 2. The molecule has 0 radical (unpaired) electrons. The van der Waals surface area contributed by atoms with Gasteiger partial charge in [-0.1, -0.05) is 18.9 Å². The first kappa shape index (κ1) is 20.9. The van der Waals surface area contributed by atoms with E-state index in [9.17, 15) is 14.7 Å². The van der Waals surface area contributed by atoms with Gasteiger partial charge in [-0.05, 0) is 55.2 Å². The molecule has 0 spiro atoms. The summed E-state index contributed by atoms with van der Waals surface area (Å²) < 4.78 is 10.8. The lowest BCUT2D eigenvalue weighted by Crippen LogP contribution is -2.44. The molecule has 31 heavy (non-hydrogen) atoms. The van der Waals surface area contributed by atoms with Crippen molar-refractivity contribution >= 4 is 17.6 Å². The summed E-state index contributed by atoms with van der Waals surface area (Å²) in [6.45, 7) is 0.539. The van der Waals surface area contributed by atoms with Crippen molar-refractivity contribution in [2.24, 2.45) is 16.9 Å². The van der Waals surface area contributed by atoms with Crippen LogP contribution in [0.5, 0.6) is 11.5 Å². The third-order valence-corrected chi connectivity index (χ3v) is 6.17. The van der Waals surface area contributed by atoms with E-state index in [-0.39, 0.29) is 17.4 Å². The molecular formula is C24H26N2O5. The Hall–Kier alpha value is -3.35. The zero-order valence-corrected chi connectivity index (χ0v) is 17.7. The van der Waals surface area contributed by atoms with E-state index < -0.39 is 5.97 Å². The van der Waals surface area contributed by atoms with Gasteiger partial charge in [-0.3, -0.25) is 4.79 Å². The lowest BCUT2D eigenvalue weighted by molar-refractivity contribution is 0.0676. The van der Waals surface area contributed by atoms with E-state index in [4.69, 9.17) is 14.6 Å². The van der Waals surface area contributed by atoms with E-state index in [1.54, 1.807) is 26.4 Å². The predicted molar refractivity (Wildman–Crippen MR) is 116 cm³/mol. The summed E-state index contributed by atoms with van der Waals surface area (Å²) in [5.41, 5.74) is 2.19. The van der Waals surface area contributed by atoms with Gasteiger partial charge in [0.1, 0.15) is 0 Å². The highest BCUT2D eigenvalue weighted by Crippen LogP contribution is 2.38. The molecule has 2 aliphatic rings. The van der Waals surface area contributed by atoms with Crippen molar-refractivity contribution in [3.8, 4) is 11.5 Å². The molecule has 2 aromatic rings. The minimum Gasteiger partial charge on any atom is -0.493 e. The molecule has 7 heteroatoms. The molecule has 4 rings (SSSR count). The van der Waals surface area contributed by atoms with Crippen molar-refractivity contribution < 1.29 is 24.2 Å². The van der Waals surface area contributed by atoms with Crippen LogP contribution in [0.4, 0.5) is 0 Å². The number of nitrogens with zero attached hydrogens (tertiary/aromatic N) is 2. The summed E-state index contributed by atoms with van der Waals surface area (Å²) in [5.74, 6) is 0.511. The van der Waals surface area contributed by atoms with Gasteiger partial charge in [0.25, 0.3) is 5.91 Å². The van der Waals surface area contributed by atoms with Gasteiger partial charge >= 0.3 is 5.97 Å². The highest BCUT2D eigenvalue weighted by atomic mass is 16.5. The first-order valence-electron chi connectivity index (χ1n) is 10.5. The molecule has 1 N–H and O–H groups in total. The molecular weight excluding hydrogens is 396 g/mol. The van der Waals surface area contributed by atoms with Crippen molar-refractivity contribution in [2.75, 3.05) is 20.8 Å². The number of amides is 1. The van der Waals surface area contributed by atoms with Crippen molar-refractivity contribution in [1.29, 1.82) is 0 Å². The van der Waals surface area contributed by atoms with Gasteiger partial charge in [-0.2, -0.15) is 5.10 Å². The molecule has 0 bridgehead atoms. The van der Waals surface area contributed by atoms with Crippen molar-refractivity contribution in [3.63, 3.8) is 0 Å². The van der Waals surface area contributed by atoms with Gasteiger partial charge < -0.3 is 14.6 Å². The average molecular weight is 422 g/mol. The molecule has 7 nitrogen and oxygen atoms in total. The van der Waals surface area contributed by atoms with Gasteiger partial charge in [-0.15, -0.1) is 0 Å². The second-order valence-electron chi connectivity index (χ2n) is 7.98. The number of carbonyl (C=O) groups is 2. The maximum atomic E-state index is 13.2. The Labute approximate surface area is 181 Å². The number of rotatable bonds is 5. The highest BCUT2D eigenvalue weighted by molar-refractivity contribution is 6.05. The summed E-state index contributed by atoms with van der Waals surface area (Å²) in [6.07, 6.45) is 4.35. The molecule has 1 fully saturated rings. The fourth-order valence-electron chi connectivity index (χ4n) is 4.58. The SMILES string of the molecule is COc1ccc(C2=NN(C(=O)c3cccc(C(=O)O)c3)CC3CCCCC23)cc1OC. The zero-order chi connectivity index (χ0) is 22.0. The van der Waals surface area contributed by atoms with Crippen LogP contribution < -0.4 is 9.47 Å². The molecule has 2 unspecified atom stereocenters. The molecule has 1 heterocycles. The normalized spacial score (nSPS) is 20.5. The maximum Gasteiger partial charge on any atom is 0.335 e. The lowest BCUT2D eigenvalue weighted by atomic mass is 9.74. The van der Waals surface area contributed by atoms with E-state index in [0.717, 1.165) is 37.0 Å². The monoisotopic (exact) mass is 422 g/mol. The Bertz CT molecular complexity index is 1030. The summed E-state index contributed by atoms with van der Waals surface area (Å²) in [6, 6.07) is 11.8. The van der Waals surface area contributed by atoms with Gasteiger partial charge in [0.15, 0.2) is 11.5 Å². The number of carboxylic acids is 1. The second-order valence-corrected chi connectivity index (χ2v) is 7.98. The number of benzene rings is 2. The van der Waals surface area contributed by atoms with Gasteiger partial charge in [0.05, 0.1) is 25.5 Å². The molecule has 1 saturated carbocycles. The van der Waals surface area contributed by atoms with Crippen LogP contribution in [0.3, 0.4) is 0 Å². The van der Waals surface area contributed by atoms with E-state index >= 15 is 0 Å². The second kappa shape index (κ2) is 8.79. The van der Waals surface area contributed by atoms with Crippen LogP contribution in [0, 0.1) is 11.8 Å². The van der Waals surface area contributed by atoms with E-state index in [1.807, 2.05) is 18.2 Å². The van der Waals surface area contributed by atoms with Crippen LogP contribution in [-0.4, -0.2) is 48.5 Å². The number of fused-ring (bicyclic) bond motifs is 1. The van der Waals surface area contributed by atoms with Crippen LogP contribution in [0.25, 0.3) is 0 Å². The van der Waals surface area contributed by atoms with Gasteiger partial charge in [-0.25, -0.2) is 9.80 Å². The average Bonchev–Trinajstić information content (AvgIpc) is 2.82. The van der Waals surface area contributed by atoms with Crippen LogP contribution in [-0.2, 0) is 0 Å². The Morgan fingerprint density at radius 3 is 2.48 bits per heavy atom. The van der Waals surface area contributed by atoms with Crippen LogP contribution in [0.15, 0.2) is 47.6 Å². The van der Waals surface area contributed by atoms with E-state index in [1.165, 1.54) is 17.1 Å². The molecule has 0 aromatic heterocycles. The first-order valence-corrected chi connectivity index (χ1v) is 10.5. The number of carbonyl (C=O) groups excluding carboxylic acids is 1. The fraction of sp³-hybridized carbons (Fsp3) is 0.375. The molecule has 1 aliphatic heterocycles.